The smallest absolute Gasteiger partial charge is 0.153 e. The number of hydrogen-bond acceptors (Lipinski definition) is 3. The molecule has 0 atom stereocenters. The molecule has 0 aliphatic rings. The SMILES string of the molecule is CNCCc1nc(C(C)C)n[nH]1. The maximum atomic E-state index is 4.34. The molecule has 12 heavy (non-hydrogen) atoms. The molecule has 1 rings (SSSR count). The molecule has 4 nitrogen and oxygen atoms in total. The topological polar surface area (TPSA) is 53.6 Å². The van der Waals surface area contributed by atoms with Gasteiger partial charge < -0.3 is 5.32 Å². The first-order chi connectivity index (χ1) is 5.74. The average Bonchev–Trinajstić information content (AvgIpc) is 2.48. The number of likely N-dealkylation sites (N-methyl/N-ethyl adjacent to an activating group) is 1. The number of aromatic amines is 1. The quantitative estimate of drug-likeness (QED) is 0.695. The highest BCUT2D eigenvalue weighted by atomic mass is 15.2. The summed E-state index contributed by atoms with van der Waals surface area (Å²) in [6.07, 6.45) is 0.913. The Balaban J connectivity index is 2.52. The summed E-state index contributed by atoms with van der Waals surface area (Å²) in [5, 5.41) is 10.1. The van der Waals surface area contributed by atoms with Gasteiger partial charge >= 0.3 is 0 Å². The summed E-state index contributed by atoms with van der Waals surface area (Å²) in [6.45, 7) is 5.11. The van der Waals surface area contributed by atoms with Crippen molar-refractivity contribution in [2.45, 2.75) is 26.2 Å². The first-order valence-corrected chi connectivity index (χ1v) is 4.29. The Hall–Kier alpha value is -0.900. The molecule has 68 valence electrons. The Labute approximate surface area is 72.8 Å². The van der Waals surface area contributed by atoms with E-state index in [1.54, 1.807) is 0 Å². The normalized spacial score (nSPS) is 11.0. The first kappa shape index (κ1) is 9.19. The van der Waals surface area contributed by atoms with E-state index in [2.05, 4.69) is 34.3 Å². The number of hydrogen-bond donors (Lipinski definition) is 2. The molecule has 0 fully saturated rings. The average molecular weight is 168 g/mol. The molecule has 0 spiro atoms. The number of aromatic nitrogens is 3. The van der Waals surface area contributed by atoms with Crippen molar-refractivity contribution in [2.24, 2.45) is 0 Å². The Kier molecular flexibility index (Phi) is 3.22. The summed E-state index contributed by atoms with van der Waals surface area (Å²) in [7, 11) is 1.93. The van der Waals surface area contributed by atoms with Gasteiger partial charge in [-0.05, 0) is 7.05 Å². The highest BCUT2D eigenvalue weighted by Crippen LogP contribution is 2.07. The van der Waals surface area contributed by atoms with Crippen molar-refractivity contribution in [3.05, 3.63) is 11.6 Å². The molecule has 0 saturated heterocycles. The van der Waals surface area contributed by atoms with Gasteiger partial charge in [0.1, 0.15) is 5.82 Å². The van der Waals surface area contributed by atoms with Gasteiger partial charge in [-0.3, -0.25) is 5.10 Å². The summed E-state index contributed by atoms with van der Waals surface area (Å²) in [5.41, 5.74) is 0. The van der Waals surface area contributed by atoms with Crippen molar-refractivity contribution in [1.29, 1.82) is 0 Å². The molecule has 0 aromatic carbocycles. The van der Waals surface area contributed by atoms with Crippen LogP contribution in [0, 0.1) is 0 Å². The lowest BCUT2D eigenvalue weighted by molar-refractivity contribution is 0.755. The van der Waals surface area contributed by atoms with E-state index in [0.29, 0.717) is 5.92 Å². The molecule has 0 radical (unpaired) electrons. The van der Waals surface area contributed by atoms with Gasteiger partial charge in [0.15, 0.2) is 5.82 Å². The molecule has 0 unspecified atom stereocenters. The van der Waals surface area contributed by atoms with Gasteiger partial charge in [0, 0.05) is 18.9 Å². The van der Waals surface area contributed by atoms with Gasteiger partial charge in [0.25, 0.3) is 0 Å². The van der Waals surface area contributed by atoms with Crippen LogP contribution in [0.5, 0.6) is 0 Å². The zero-order valence-corrected chi connectivity index (χ0v) is 7.89. The summed E-state index contributed by atoms with van der Waals surface area (Å²) in [6, 6.07) is 0. The van der Waals surface area contributed by atoms with Crippen LogP contribution in [0.3, 0.4) is 0 Å². The fourth-order valence-electron chi connectivity index (χ4n) is 0.923. The third-order valence-corrected chi connectivity index (χ3v) is 1.68. The van der Waals surface area contributed by atoms with Crippen LogP contribution in [0.4, 0.5) is 0 Å². The molecular weight excluding hydrogens is 152 g/mol. The predicted octanol–water partition coefficient (Wildman–Crippen LogP) is 0.690. The Morgan fingerprint density at radius 3 is 2.75 bits per heavy atom. The van der Waals surface area contributed by atoms with Gasteiger partial charge in [-0.15, -0.1) is 0 Å². The molecule has 0 amide bonds. The summed E-state index contributed by atoms with van der Waals surface area (Å²) < 4.78 is 0. The Bertz CT molecular complexity index is 229. The summed E-state index contributed by atoms with van der Waals surface area (Å²) in [5.74, 6) is 2.28. The minimum absolute atomic E-state index is 0.407. The van der Waals surface area contributed by atoms with Crippen molar-refractivity contribution in [1.82, 2.24) is 20.5 Å². The van der Waals surface area contributed by atoms with Crippen LogP contribution < -0.4 is 5.32 Å². The lowest BCUT2D eigenvalue weighted by atomic mass is 10.2. The monoisotopic (exact) mass is 168 g/mol. The van der Waals surface area contributed by atoms with Crippen molar-refractivity contribution < 1.29 is 0 Å². The molecule has 1 heterocycles. The van der Waals surface area contributed by atoms with Crippen molar-refractivity contribution in [3.63, 3.8) is 0 Å². The highest BCUT2D eigenvalue weighted by molar-refractivity contribution is 4.95. The Morgan fingerprint density at radius 2 is 2.25 bits per heavy atom. The molecule has 0 aliphatic carbocycles. The largest absolute Gasteiger partial charge is 0.319 e. The van der Waals surface area contributed by atoms with Crippen LogP contribution in [0.1, 0.15) is 31.4 Å². The van der Waals surface area contributed by atoms with Gasteiger partial charge in [0.2, 0.25) is 0 Å². The Morgan fingerprint density at radius 1 is 1.50 bits per heavy atom. The highest BCUT2D eigenvalue weighted by Gasteiger charge is 2.05. The van der Waals surface area contributed by atoms with Crippen LogP contribution in [-0.4, -0.2) is 28.8 Å². The van der Waals surface area contributed by atoms with Crippen molar-refractivity contribution in [2.75, 3.05) is 13.6 Å². The fraction of sp³-hybridized carbons (Fsp3) is 0.750. The van der Waals surface area contributed by atoms with Crippen LogP contribution in [0.15, 0.2) is 0 Å². The second-order valence-electron chi connectivity index (χ2n) is 3.15. The third-order valence-electron chi connectivity index (χ3n) is 1.68. The van der Waals surface area contributed by atoms with Crippen molar-refractivity contribution in [3.8, 4) is 0 Å². The number of nitrogens with zero attached hydrogens (tertiary/aromatic N) is 2. The molecule has 0 saturated carbocycles. The standard InChI is InChI=1S/C8H16N4/c1-6(2)8-10-7(11-12-8)4-5-9-3/h6,9H,4-5H2,1-3H3,(H,10,11,12). The molecular formula is C8H16N4. The fourth-order valence-corrected chi connectivity index (χ4v) is 0.923. The summed E-state index contributed by atoms with van der Waals surface area (Å²) >= 11 is 0. The minimum atomic E-state index is 0.407. The number of rotatable bonds is 4. The van der Waals surface area contributed by atoms with E-state index in [0.717, 1.165) is 24.6 Å². The third kappa shape index (κ3) is 2.30. The van der Waals surface area contributed by atoms with E-state index < -0.39 is 0 Å². The second-order valence-corrected chi connectivity index (χ2v) is 3.15. The molecule has 4 heteroatoms. The lowest BCUT2D eigenvalue weighted by Crippen LogP contribution is -2.11. The molecule has 1 aromatic rings. The van der Waals surface area contributed by atoms with Gasteiger partial charge in [-0.1, -0.05) is 13.8 Å². The van der Waals surface area contributed by atoms with E-state index in [-0.39, 0.29) is 0 Å². The van der Waals surface area contributed by atoms with E-state index in [9.17, 15) is 0 Å². The van der Waals surface area contributed by atoms with E-state index in [4.69, 9.17) is 0 Å². The zero-order chi connectivity index (χ0) is 8.97. The molecule has 0 bridgehead atoms. The van der Waals surface area contributed by atoms with E-state index in [1.165, 1.54) is 0 Å². The zero-order valence-electron chi connectivity index (χ0n) is 7.89. The van der Waals surface area contributed by atoms with Gasteiger partial charge in [0.05, 0.1) is 0 Å². The minimum Gasteiger partial charge on any atom is -0.319 e. The molecule has 2 N–H and O–H groups in total. The van der Waals surface area contributed by atoms with Crippen LogP contribution in [0.2, 0.25) is 0 Å². The van der Waals surface area contributed by atoms with Gasteiger partial charge in [-0.2, -0.15) is 5.10 Å². The predicted molar refractivity (Wildman–Crippen MR) is 48.1 cm³/mol. The van der Waals surface area contributed by atoms with E-state index in [1.807, 2.05) is 7.05 Å². The summed E-state index contributed by atoms with van der Waals surface area (Å²) in [4.78, 5) is 4.34. The lowest BCUT2D eigenvalue weighted by Gasteiger charge is -1.94. The van der Waals surface area contributed by atoms with Crippen LogP contribution >= 0.6 is 0 Å². The number of nitrogens with one attached hydrogen (secondary N) is 2. The van der Waals surface area contributed by atoms with Crippen LogP contribution in [0.25, 0.3) is 0 Å². The number of H-pyrrole nitrogens is 1. The molecule has 0 aliphatic heterocycles. The van der Waals surface area contributed by atoms with Crippen molar-refractivity contribution >= 4 is 0 Å². The van der Waals surface area contributed by atoms with Crippen LogP contribution in [-0.2, 0) is 6.42 Å². The first-order valence-electron chi connectivity index (χ1n) is 4.29. The maximum absolute atomic E-state index is 4.34. The molecule has 1 aromatic heterocycles. The van der Waals surface area contributed by atoms with Gasteiger partial charge in [-0.25, -0.2) is 4.98 Å². The second kappa shape index (κ2) is 4.21. The van der Waals surface area contributed by atoms with E-state index >= 15 is 0 Å². The maximum Gasteiger partial charge on any atom is 0.153 e.